The molecule has 2 aromatic rings. The Balaban J connectivity index is 2.23. The van der Waals surface area contributed by atoms with Crippen LogP contribution in [0.4, 0.5) is 5.69 Å². The summed E-state index contributed by atoms with van der Waals surface area (Å²) in [7, 11) is 1.54. The molecule has 1 amide bonds. The summed E-state index contributed by atoms with van der Waals surface area (Å²) in [5, 5.41) is 3.23. The molecule has 0 radical (unpaired) electrons. The number of anilines is 1. The molecule has 0 bridgehead atoms. The quantitative estimate of drug-likeness (QED) is 0.749. The third kappa shape index (κ3) is 3.53. The van der Waals surface area contributed by atoms with E-state index in [1.54, 1.807) is 30.3 Å². The lowest BCUT2D eigenvalue weighted by Crippen LogP contribution is -2.12. The molecule has 0 spiro atoms. The Morgan fingerprint density at radius 2 is 1.95 bits per heavy atom. The summed E-state index contributed by atoms with van der Waals surface area (Å²) in [5.41, 5.74) is 1.14. The molecule has 0 saturated heterocycles. The lowest BCUT2D eigenvalue weighted by molar-refractivity contribution is 0.102. The maximum Gasteiger partial charge on any atom is 0.256 e. The number of rotatable bonds is 3. The minimum atomic E-state index is -0.223. The van der Waals surface area contributed by atoms with Gasteiger partial charge in [-0.05, 0) is 52.3 Å². The van der Waals surface area contributed by atoms with Gasteiger partial charge in [0, 0.05) is 14.6 Å². The summed E-state index contributed by atoms with van der Waals surface area (Å²) in [6.45, 7) is 0. The molecule has 0 aliphatic carbocycles. The first-order chi connectivity index (χ1) is 9.51. The van der Waals surface area contributed by atoms with Crippen LogP contribution in [0, 0.1) is 0 Å². The molecule has 104 valence electrons. The lowest BCUT2D eigenvalue weighted by Gasteiger charge is -2.09. The highest BCUT2D eigenvalue weighted by molar-refractivity contribution is 9.11. The number of benzene rings is 2. The van der Waals surface area contributed by atoms with E-state index >= 15 is 0 Å². The SMILES string of the molecule is COc1ccc(NC(=O)c2cc(Br)ccc2Br)cc1Cl. The smallest absolute Gasteiger partial charge is 0.256 e. The van der Waals surface area contributed by atoms with E-state index in [0.717, 1.165) is 8.95 Å². The summed E-state index contributed by atoms with van der Waals surface area (Å²) in [6.07, 6.45) is 0. The van der Waals surface area contributed by atoms with E-state index in [9.17, 15) is 4.79 Å². The van der Waals surface area contributed by atoms with E-state index in [4.69, 9.17) is 16.3 Å². The number of halogens is 3. The zero-order valence-electron chi connectivity index (χ0n) is 10.4. The number of nitrogens with one attached hydrogen (secondary N) is 1. The third-order valence-corrected chi connectivity index (χ3v) is 4.06. The van der Waals surface area contributed by atoms with Crippen molar-refractivity contribution < 1.29 is 9.53 Å². The average molecular weight is 420 g/mol. The third-order valence-electron chi connectivity index (χ3n) is 2.58. The van der Waals surface area contributed by atoms with E-state index < -0.39 is 0 Å². The molecule has 0 aliphatic heterocycles. The maximum absolute atomic E-state index is 12.2. The van der Waals surface area contributed by atoms with E-state index in [2.05, 4.69) is 37.2 Å². The van der Waals surface area contributed by atoms with E-state index in [1.165, 1.54) is 7.11 Å². The highest BCUT2D eigenvalue weighted by atomic mass is 79.9. The topological polar surface area (TPSA) is 38.3 Å². The van der Waals surface area contributed by atoms with Crippen LogP contribution < -0.4 is 10.1 Å². The molecule has 0 saturated carbocycles. The van der Waals surface area contributed by atoms with Crippen molar-refractivity contribution in [3.8, 4) is 5.75 Å². The van der Waals surface area contributed by atoms with Crippen LogP contribution in [0.3, 0.4) is 0 Å². The van der Waals surface area contributed by atoms with Crippen molar-refractivity contribution in [3.05, 3.63) is 55.9 Å². The predicted molar refractivity (Wildman–Crippen MR) is 87.8 cm³/mol. The van der Waals surface area contributed by atoms with Crippen LogP contribution in [0.1, 0.15) is 10.4 Å². The number of carbonyl (C=O) groups is 1. The fraction of sp³-hybridized carbons (Fsp3) is 0.0714. The molecule has 0 aromatic heterocycles. The van der Waals surface area contributed by atoms with Crippen LogP contribution in [-0.4, -0.2) is 13.0 Å². The van der Waals surface area contributed by atoms with Crippen LogP contribution in [0.5, 0.6) is 5.75 Å². The normalized spacial score (nSPS) is 10.2. The average Bonchev–Trinajstić information content (AvgIpc) is 2.41. The Labute approximate surface area is 138 Å². The van der Waals surface area contributed by atoms with Gasteiger partial charge in [0.2, 0.25) is 0 Å². The van der Waals surface area contributed by atoms with E-state index in [1.807, 2.05) is 6.07 Å². The van der Waals surface area contributed by atoms with Crippen LogP contribution in [-0.2, 0) is 0 Å². The summed E-state index contributed by atoms with van der Waals surface area (Å²) >= 11 is 12.7. The predicted octanol–water partition coefficient (Wildman–Crippen LogP) is 5.13. The molecule has 6 heteroatoms. The van der Waals surface area contributed by atoms with Crippen LogP contribution in [0.2, 0.25) is 5.02 Å². The Morgan fingerprint density at radius 1 is 1.20 bits per heavy atom. The lowest BCUT2D eigenvalue weighted by atomic mass is 10.2. The standard InChI is InChI=1S/C14H10Br2ClNO2/c1-20-13-5-3-9(7-12(13)17)18-14(19)10-6-8(15)2-4-11(10)16/h2-7H,1H3,(H,18,19). The molecule has 0 atom stereocenters. The number of amides is 1. The highest BCUT2D eigenvalue weighted by Crippen LogP contribution is 2.28. The number of hydrogen-bond acceptors (Lipinski definition) is 2. The molecule has 1 N–H and O–H groups in total. The molecule has 0 heterocycles. The zero-order chi connectivity index (χ0) is 14.7. The zero-order valence-corrected chi connectivity index (χ0v) is 14.3. The maximum atomic E-state index is 12.2. The molecule has 3 nitrogen and oxygen atoms in total. The first-order valence-corrected chi connectivity index (χ1v) is 7.57. The number of ether oxygens (including phenoxy) is 1. The van der Waals surface area contributed by atoms with Crippen molar-refractivity contribution >= 4 is 55.1 Å². The van der Waals surface area contributed by atoms with Crippen molar-refractivity contribution in [3.63, 3.8) is 0 Å². The molecule has 0 aliphatic rings. The minimum Gasteiger partial charge on any atom is -0.495 e. The van der Waals surface area contributed by atoms with Crippen molar-refractivity contribution in [2.75, 3.05) is 12.4 Å². The molecule has 2 aromatic carbocycles. The van der Waals surface area contributed by atoms with Gasteiger partial charge in [-0.3, -0.25) is 4.79 Å². The number of carbonyl (C=O) groups excluding carboxylic acids is 1. The van der Waals surface area contributed by atoms with E-state index in [-0.39, 0.29) is 5.91 Å². The molecular formula is C14H10Br2ClNO2. The van der Waals surface area contributed by atoms with Gasteiger partial charge in [0.25, 0.3) is 5.91 Å². The molecule has 0 fully saturated rings. The largest absolute Gasteiger partial charge is 0.495 e. The van der Waals surface area contributed by atoms with Gasteiger partial charge >= 0.3 is 0 Å². The monoisotopic (exact) mass is 417 g/mol. The molecule has 2 rings (SSSR count). The van der Waals surface area contributed by atoms with Crippen molar-refractivity contribution in [1.29, 1.82) is 0 Å². The van der Waals surface area contributed by atoms with Crippen molar-refractivity contribution in [2.45, 2.75) is 0 Å². The van der Waals surface area contributed by atoms with Gasteiger partial charge in [-0.25, -0.2) is 0 Å². The van der Waals surface area contributed by atoms with Crippen LogP contribution >= 0.6 is 43.5 Å². The van der Waals surface area contributed by atoms with Gasteiger partial charge < -0.3 is 10.1 Å². The Kier molecular flexibility index (Phi) is 5.07. The Morgan fingerprint density at radius 3 is 2.60 bits per heavy atom. The molecule has 0 unspecified atom stereocenters. The second kappa shape index (κ2) is 6.61. The highest BCUT2D eigenvalue weighted by Gasteiger charge is 2.11. The Bertz CT molecular complexity index is 662. The fourth-order valence-corrected chi connectivity index (χ4v) is 2.66. The second-order valence-electron chi connectivity index (χ2n) is 3.93. The molecule has 20 heavy (non-hydrogen) atoms. The van der Waals surface area contributed by atoms with Gasteiger partial charge in [-0.2, -0.15) is 0 Å². The summed E-state index contributed by atoms with van der Waals surface area (Å²) < 4.78 is 6.62. The second-order valence-corrected chi connectivity index (χ2v) is 6.10. The van der Waals surface area contributed by atoms with Gasteiger partial charge in [0.15, 0.2) is 0 Å². The van der Waals surface area contributed by atoms with Crippen molar-refractivity contribution in [2.24, 2.45) is 0 Å². The number of methoxy groups -OCH3 is 1. The molecular weight excluding hydrogens is 409 g/mol. The van der Waals surface area contributed by atoms with Gasteiger partial charge in [0.1, 0.15) is 5.75 Å². The van der Waals surface area contributed by atoms with Crippen molar-refractivity contribution in [1.82, 2.24) is 0 Å². The van der Waals surface area contributed by atoms with Crippen LogP contribution in [0.25, 0.3) is 0 Å². The van der Waals surface area contributed by atoms with Gasteiger partial charge in [-0.1, -0.05) is 27.5 Å². The van der Waals surface area contributed by atoms with Gasteiger partial charge in [0.05, 0.1) is 17.7 Å². The van der Waals surface area contributed by atoms with E-state index in [0.29, 0.717) is 22.0 Å². The van der Waals surface area contributed by atoms with Crippen LogP contribution in [0.15, 0.2) is 45.3 Å². The van der Waals surface area contributed by atoms with Gasteiger partial charge in [-0.15, -0.1) is 0 Å². The first-order valence-electron chi connectivity index (χ1n) is 5.61. The number of hydrogen-bond donors (Lipinski definition) is 1. The summed E-state index contributed by atoms with van der Waals surface area (Å²) in [4.78, 5) is 12.2. The fourth-order valence-electron chi connectivity index (χ4n) is 1.61. The Hall–Kier alpha value is -1.04. The summed E-state index contributed by atoms with van der Waals surface area (Å²) in [5.74, 6) is 0.340. The summed E-state index contributed by atoms with van der Waals surface area (Å²) in [6, 6.07) is 10.5. The minimum absolute atomic E-state index is 0.223. The first kappa shape index (κ1) is 15.4.